The molecule has 0 spiro atoms. The third-order valence-corrected chi connectivity index (χ3v) is 5.10. The molecule has 0 atom stereocenters. The van der Waals surface area contributed by atoms with Crippen LogP contribution in [0.15, 0.2) is 45.8 Å². The van der Waals surface area contributed by atoms with E-state index in [0.29, 0.717) is 16.5 Å². The highest BCUT2D eigenvalue weighted by molar-refractivity contribution is 9.10. The molecule has 2 N–H and O–H groups in total. The van der Waals surface area contributed by atoms with Crippen LogP contribution in [0.5, 0.6) is 0 Å². The second-order valence-corrected chi connectivity index (χ2v) is 7.28. The highest BCUT2D eigenvalue weighted by Gasteiger charge is 2.21. The van der Waals surface area contributed by atoms with E-state index in [9.17, 15) is 17.6 Å². The third kappa shape index (κ3) is 3.89. The number of hydrogen-bond acceptors (Lipinski definition) is 3. The molecule has 0 unspecified atom stereocenters. The van der Waals surface area contributed by atoms with Crippen molar-refractivity contribution in [2.24, 2.45) is 0 Å². The molecule has 122 valence electrons. The number of hydrogen-bond donors (Lipinski definition) is 2. The van der Waals surface area contributed by atoms with E-state index in [1.54, 1.807) is 6.92 Å². The Morgan fingerprint density at radius 2 is 1.96 bits per heavy atom. The molecule has 0 aliphatic carbocycles. The van der Waals surface area contributed by atoms with Crippen LogP contribution in [0.3, 0.4) is 0 Å². The molecular formula is C15H13BrFNO4S. The standard InChI is InChI=1S/C15H13BrFNO4S/c1-2-9-3-4-10(15(19)20)7-14(9)23(21,22)18-13-8-11(16)5-6-12(13)17/h3-8,18H,2H2,1H3,(H,19,20). The number of carbonyl (C=O) groups is 1. The van der Waals surface area contributed by atoms with E-state index in [1.807, 2.05) is 0 Å². The first kappa shape index (κ1) is 17.4. The molecule has 0 bridgehead atoms. The van der Waals surface area contributed by atoms with Gasteiger partial charge in [0.25, 0.3) is 10.0 Å². The molecule has 0 saturated heterocycles. The summed E-state index contributed by atoms with van der Waals surface area (Å²) in [6.07, 6.45) is 0.386. The number of carboxylic acid groups (broad SMARTS) is 1. The fourth-order valence-electron chi connectivity index (χ4n) is 2.01. The van der Waals surface area contributed by atoms with Crippen molar-refractivity contribution in [1.82, 2.24) is 0 Å². The lowest BCUT2D eigenvalue weighted by Crippen LogP contribution is -2.16. The van der Waals surface area contributed by atoms with E-state index in [1.165, 1.54) is 24.3 Å². The van der Waals surface area contributed by atoms with Crippen LogP contribution < -0.4 is 4.72 Å². The highest BCUT2D eigenvalue weighted by Crippen LogP contribution is 2.25. The van der Waals surface area contributed by atoms with Crippen LogP contribution in [0.4, 0.5) is 10.1 Å². The molecular weight excluding hydrogens is 389 g/mol. The summed E-state index contributed by atoms with van der Waals surface area (Å²) in [7, 11) is -4.13. The van der Waals surface area contributed by atoms with Gasteiger partial charge in [-0.15, -0.1) is 0 Å². The molecule has 0 radical (unpaired) electrons. The first-order valence-corrected chi connectivity index (χ1v) is 8.86. The smallest absolute Gasteiger partial charge is 0.335 e. The van der Waals surface area contributed by atoms with Crippen LogP contribution in [0.1, 0.15) is 22.8 Å². The Balaban J connectivity index is 2.52. The zero-order chi connectivity index (χ0) is 17.2. The summed E-state index contributed by atoms with van der Waals surface area (Å²) in [5.74, 6) is -1.97. The first-order chi connectivity index (χ1) is 10.7. The molecule has 2 aromatic carbocycles. The predicted octanol–water partition coefficient (Wildman–Crippen LogP) is 3.65. The number of carboxylic acids is 1. The first-order valence-electron chi connectivity index (χ1n) is 6.58. The minimum Gasteiger partial charge on any atom is -0.478 e. The summed E-state index contributed by atoms with van der Waals surface area (Å²) in [5, 5.41) is 9.03. The third-order valence-electron chi connectivity index (χ3n) is 3.16. The van der Waals surface area contributed by atoms with Crippen LogP contribution in [-0.4, -0.2) is 19.5 Å². The molecule has 0 aromatic heterocycles. The average Bonchev–Trinajstić information content (AvgIpc) is 2.50. The lowest BCUT2D eigenvalue weighted by Gasteiger charge is -2.13. The van der Waals surface area contributed by atoms with Crippen LogP contribution in [0.2, 0.25) is 0 Å². The largest absolute Gasteiger partial charge is 0.478 e. The monoisotopic (exact) mass is 401 g/mol. The van der Waals surface area contributed by atoms with Gasteiger partial charge in [-0.2, -0.15) is 0 Å². The number of aryl methyl sites for hydroxylation is 1. The summed E-state index contributed by atoms with van der Waals surface area (Å²) in [5.41, 5.74) is 0.0670. The van der Waals surface area contributed by atoms with Crippen LogP contribution in [0, 0.1) is 5.82 Å². The Bertz CT molecular complexity index is 868. The quantitative estimate of drug-likeness (QED) is 0.800. The molecule has 5 nitrogen and oxygen atoms in total. The summed E-state index contributed by atoms with van der Waals surface area (Å²) >= 11 is 3.14. The Morgan fingerprint density at radius 1 is 1.26 bits per heavy atom. The minimum absolute atomic E-state index is 0.155. The lowest BCUT2D eigenvalue weighted by molar-refractivity contribution is 0.0696. The molecule has 8 heteroatoms. The second kappa shape index (κ2) is 6.67. The number of halogens is 2. The van der Waals surface area contributed by atoms with Crippen molar-refractivity contribution < 1.29 is 22.7 Å². The minimum atomic E-state index is -4.13. The van der Waals surface area contributed by atoms with Gasteiger partial charge < -0.3 is 5.11 Å². The van der Waals surface area contributed by atoms with E-state index in [-0.39, 0.29) is 16.1 Å². The van der Waals surface area contributed by atoms with Gasteiger partial charge in [0, 0.05) is 4.47 Å². The van der Waals surface area contributed by atoms with Gasteiger partial charge in [-0.05, 0) is 42.3 Å². The molecule has 0 saturated carbocycles. The highest BCUT2D eigenvalue weighted by atomic mass is 79.9. The van der Waals surface area contributed by atoms with E-state index < -0.39 is 21.8 Å². The number of benzene rings is 2. The van der Waals surface area contributed by atoms with Crippen LogP contribution in [0.25, 0.3) is 0 Å². The van der Waals surface area contributed by atoms with Crippen molar-refractivity contribution in [1.29, 1.82) is 0 Å². The molecule has 2 rings (SSSR count). The number of rotatable bonds is 5. The Hall–Kier alpha value is -1.93. The van der Waals surface area contributed by atoms with Gasteiger partial charge in [-0.3, -0.25) is 4.72 Å². The number of anilines is 1. The molecule has 0 amide bonds. The maximum atomic E-state index is 13.8. The van der Waals surface area contributed by atoms with Crippen LogP contribution >= 0.6 is 15.9 Å². The van der Waals surface area contributed by atoms with Gasteiger partial charge in [-0.25, -0.2) is 17.6 Å². The van der Waals surface area contributed by atoms with Gasteiger partial charge in [0.1, 0.15) is 5.82 Å². The normalized spacial score (nSPS) is 11.3. The van der Waals surface area contributed by atoms with Crippen LogP contribution in [-0.2, 0) is 16.4 Å². The van der Waals surface area contributed by atoms with Gasteiger partial charge in [0.15, 0.2) is 0 Å². The second-order valence-electron chi connectivity index (χ2n) is 4.71. The van der Waals surface area contributed by atoms with Crippen molar-refractivity contribution >= 4 is 37.6 Å². The molecule has 0 aliphatic rings. The topological polar surface area (TPSA) is 83.5 Å². The zero-order valence-electron chi connectivity index (χ0n) is 12.0. The van der Waals surface area contributed by atoms with Gasteiger partial charge in [-0.1, -0.05) is 28.9 Å². The molecule has 0 aliphatic heterocycles. The number of aromatic carboxylic acids is 1. The van der Waals surface area contributed by atoms with Gasteiger partial charge >= 0.3 is 5.97 Å². The van der Waals surface area contributed by atoms with E-state index in [2.05, 4.69) is 20.7 Å². The maximum Gasteiger partial charge on any atom is 0.335 e. The Morgan fingerprint density at radius 3 is 2.57 bits per heavy atom. The molecule has 0 fully saturated rings. The lowest BCUT2D eigenvalue weighted by atomic mass is 10.1. The molecule has 0 heterocycles. The maximum absolute atomic E-state index is 13.8. The van der Waals surface area contributed by atoms with Gasteiger partial charge in [0.05, 0.1) is 16.1 Å². The van der Waals surface area contributed by atoms with E-state index in [4.69, 9.17) is 5.11 Å². The van der Waals surface area contributed by atoms with Crippen molar-refractivity contribution in [3.63, 3.8) is 0 Å². The van der Waals surface area contributed by atoms with E-state index in [0.717, 1.165) is 12.1 Å². The Labute approximate surface area is 141 Å². The van der Waals surface area contributed by atoms with Crippen molar-refractivity contribution in [2.75, 3.05) is 4.72 Å². The average molecular weight is 402 g/mol. The van der Waals surface area contributed by atoms with Gasteiger partial charge in [0.2, 0.25) is 0 Å². The predicted molar refractivity (Wildman–Crippen MR) is 87.7 cm³/mol. The van der Waals surface area contributed by atoms with Crippen molar-refractivity contribution in [3.8, 4) is 0 Å². The van der Waals surface area contributed by atoms with E-state index >= 15 is 0 Å². The van der Waals surface area contributed by atoms with Crippen molar-refractivity contribution in [2.45, 2.75) is 18.2 Å². The van der Waals surface area contributed by atoms with Crippen molar-refractivity contribution in [3.05, 3.63) is 57.8 Å². The fourth-order valence-corrected chi connectivity index (χ4v) is 3.76. The molecule has 23 heavy (non-hydrogen) atoms. The molecule has 2 aromatic rings. The summed E-state index contributed by atoms with van der Waals surface area (Å²) in [4.78, 5) is 10.9. The number of nitrogens with one attached hydrogen (secondary N) is 1. The number of sulfonamides is 1. The Kier molecular flexibility index (Phi) is 5.06. The fraction of sp³-hybridized carbons (Fsp3) is 0.133. The SMILES string of the molecule is CCc1ccc(C(=O)O)cc1S(=O)(=O)Nc1cc(Br)ccc1F. The summed E-state index contributed by atoms with van der Waals surface area (Å²) < 4.78 is 41.5. The summed E-state index contributed by atoms with van der Waals surface area (Å²) in [6.45, 7) is 1.74. The summed E-state index contributed by atoms with van der Waals surface area (Å²) in [6, 6.07) is 7.69. The zero-order valence-corrected chi connectivity index (χ0v) is 14.4.